The third kappa shape index (κ3) is 3.08. The normalized spacial score (nSPS) is 43.0. The summed E-state index contributed by atoms with van der Waals surface area (Å²) in [7, 11) is 0. The molecule has 106 valence electrons. The molecule has 0 amide bonds. The number of piperidine rings is 1. The highest BCUT2D eigenvalue weighted by atomic mass is 15.2. The van der Waals surface area contributed by atoms with Gasteiger partial charge in [0.25, 0.3) is 0 Å². The van der Waals surface area contributed by atoms with Crippen LogP contribution in [-0.4, -0.2) is 36.1 Å². The van der Waals surface area contributed by atoms with Gasteiger partial charge in [-0.25, -0.2) is 0 Å². The zero-order valence-electron chi connectivity index (χ0n) is 12.8. The molecule has 0 radical (unpaired) electrons. The highest BCUT2D eigenvalue weighted by molar-refractivity contribution is 4.94. The topological polar surface area (TPSA) is 15.3 Å². The van der Waals surface area contributed by atoms with Gasteiger partial charge in [0.2, 0.25) is 0 Å². The van der Waals surface area contributed by atoms with Gasteiger partial charge in [-0.3, -0.25) is 4.90 Å². The van der Waals surface area contributed by atoms with Gasteiger partial charge in [0.1, 0.15) is 0 Å². The van der Waals surface area contributed by atoms with Crippen LogP contribution in [0.1, 0.15) is 59.8 Å². The summed E-state index contributed by atoms with van der Waals surface area (Å²) in [5.41, 5.74) is 0. The zero-order chi connectivity index (χ0) is 13.1. The third-order valence-electron chi connectivity index (χ3n) is 5.39. The molecule has 1 N–H and O–H groups in total. The highest BCUT2D eigenvalue weighted by Gasteiger charge is 2.37. The minimum atomic E-state index is 0.735. The van der Waals surface area contributed by atoms with Crippen molar-refractivity contribution in [2.45, 2.75) is 77.9 Å². The molecule has 1 aliphatic carbocycles. The van der Waals surface area contributed by atoms with Crippen LogP contribution in [-0.2, 0) is 0 Å². The van der Waals surface area contributed by atoms with Crippen molar-refractivity contribution < 1.29 is 0 Å². The first-order chi connectivity index (χ1) is 8.63. The zero-order valence-corrected chi connectivity index (χ0v) is 12.8. The molecule has 1 saturated carbocycles. The van der Waals surface area contributed by atoms with Crippen molar-refractivity contribution in [2.24, 2.45) is 11.8 Å². The molecular formula is C16H32N2. The average Bonchev–Trinajstić information content (AvgIpc) is 2.35. The van der Waals surface area contributed by atoms with Crippen LogP contribution in [0.25, 0.3) is 0 Å². The van der Waals surface area contributed by atoms with E-state index in [0.29, 0.717) is 0 Å². The summed E-state index contributed by atoms with van der Waals surface area (Å²) in [6.07, 6.45) is 7.00. The van der Waals surface area contributed by atoms with Crippen LogP contribution >= 0.6 is 0 Å². The van der Waals surface area contributed by atoms with Gasteiger partial charge in [0.05, 0.1) is 0 Å². The molecule has 2 fully saturated rings. The smallest absolute Gasteiger partial charge is 0.0254 e. The van der Waals surface area contributed by atoms with Gasteiger partial charge in [-0.05, 0) is 64.0 Å². The van der Waals surface area contributed by atoms with Crippen molar-refractivity contribution in [2.75, 3.05) is 13.1 Å². The average molecular weight is 252 g/mol. The van der Waals surface area contributed by atoms with Crippen molar-refractivity contribution in [3.63, 3.8) is 0 Å². The maximum atomic E-state index is 3.75. The van der Waals surface area contributed by atoms with Crippen LogP contribution in [0, 0.1) is 11.8 Å². The number of likely N-dealkylation sites (tertiary alicyclic amines) is 1. The fraction of sp³-hybridized carbons (Fsp3) is 1.00. The quantitative estimate of drug-likeness (QED) is 0.829. The van der Waals surface area contributed by atoms with Crippen LogP contribution in [0.15, 0.2) is 0 Å². The molecule has 0 aromatic carbocycles. The second-order valence-corrected chi connectivity index (χ2v) is 6.75. The molecule has 0 spiro atoms. The molecule has 18 heavy (non-hydrogen) atoms. The van der Waals surface area contributed by atoms with Crippen molar-refractivity contribution in [3.8, 4) is 0 Å². The van der Waals surface area contributed by atoms with Crippen molar-refractivity contribution >= 4 is 0 Å². The molecule has 1 heterocycles. The predicted molar refractivity (Wildman–Crippen MR) is 78.8 cm³/mol. The molecule has 0 bridgehead atoms. The molecule has 1 aliphatic heterocycles. The number of hydrogen-bond acceptors (Lipinski definition) is 2. The number of nitrogens with one attached hydrogen (secondary N) is 1. The summed E-state index contributed by atoms with van der Waals surface area (Å²) >= 11 is 0. The van der Waals surface area contributed by atoms with Gasteiger partial charge >= 0.3 is 0 Å². The minimum absolute atomic E-state index is 0.735. The highest BCUT2D eigenvalue weighted by Crippen LogP contribution is 2.33. The minimum Gasteiger partial charge on any atom is -0.313 e. The van der Waals surface area contributed by atoms with E-state index in [-0.39, 0.29) is 0 Å². The Bertz CT molecular complexity index is 253. The second kappa shape index (κ2) is 6.38. The molecule has 2 heteroatoms. The van der Waals surface area contributed by atoms with Crippen molar-refractivity contribution in [1.29, 1.82) is 0 Å². The van der Waals surface area contributed by atoms with E-state index in [9.17, 15) is 0 Å². The number of likely N-dealkylation sites (N-methyl/N-ethyl adjacent to an activating group) is 1. The van der Waals surface area contributed by atoms with E-state index in [1.54, 1.807) is 0 Å². The predicted octanol–water partition coefficient (Wildman–Crippen LogP) is 3.27. The summed E-state index contributed by atoms with van der Waals surface area (Å²) in [5.74, 6) is 1.78. The van der Waals surface area contributed by atoms with Gasteiger partial charge in [-0.1, -0.05) is 20.8 Å². The Balaban J connectivity index is 2.06. The first kappa shape index (κ1) is 14.3. The number of rotatable bonds is 3. The van der Waals surface area contributed by atoms with Crippen LogP contribution in [0.4, 0.5) is 0 Å². The molecule has 1 saturated heterocycles. The molecule has 2 rings (SSSR count). The molecule has 0 aromatic heterocycles. The summed E-state index contributed by atoms with van der Waals surface area (Å²) in [5, 5.41) is 3.75. The molecule has 5 atom stereocenters. The van der Waals surface area contributed by atoms with Crippen molar-refractivity contribution in [3.05, 3.63) is 0 Å². The fourth-order valence-electron chi connectivity index (χ4n) is 4.05. The third-order valence-corrected chi connectivity index (χ3v) is 5.39. The van der Waals surface area contributed by atoms with E-state index in [1.807, 2.05) is 0 Å². The Morgan fingerprint density at radius 3 is 2.61 bits per heavy atom. The van der Waals surface area contributed by atoms with Gasteiger partial charge in [-0.15, -0.1) is 0 Å². The molecular weight excluding hydrogens is 220 g/mol. The lowest BCUT2D eigenvalue weighted by Gasteiger charge is -2.48. The lowest BCUT2D eigenvalue weighted by atomic mass is 9.80. The van der Waals surface area contributed by atoms with Crippen LogP contribution < -0.4 is 5.32 Å². The van der Waals surface area contributed by atoms with Crippen molar-refractivity contribution in [1.82, 2.24) is 10.2 Å². The Labute approximate surface area is 114 Å². The monoisotopic (exact) mass is 252 g/mol. The largest absolute Gasteiger partial charge is 0.313 e. The maximum Gasteiger partial charge on any atom is 0.0254 e. The van der Waals surface area contributed by atoms with Crippen LogP contribution in [0.3, 0.4) is 0 Å². The first-order valence-electron chi connectivity index (χ1n) is 8.12. The van der Waals surface area contributed by atoms with Gasteiger partial charge in [0, 0.05) is 18.1 Å². The van der Waals surface area contributed by atoms with E-state index < -0.39 is 0 Å². The SMILES string of the molecule is CCNC1CCC(C)CC1N1CCCC(C)C1C. The second-order valence-electron chi connectivity index (χ2n) is 6.75. The Hall–Kier alpha value is -0.0800. The van der Waals surface area contributed by atoms with E-state index in [0.717, 1.165) is 36.5 Å². The van der Waals surface area contributed by atoms with E-state index in [2.05, 4.69) is 37.9 Å². The lowest BCUT2D eigenvalue weighted by molar-refractivity contribution is 0.0231. The molecule has 5 unspecified atom stereocenters. The summed E-state index contributed by atoms with van der Waals surface area (Å²) in [6.45, 7) is 12.0. The maximum absolute atomic E-state index is 3.75. The van der Waals surface area contributed by atoms with Crippen LogP contribution in [0.5, 0.6) is 0 Å². The van der Waals surface area contributed by atoms with E-state index >= 15 is 0 Å². The molecule has 0 aromatic rings. The molecule has 2 aliphatic rings. The Morgan fingerprint density at radius 1 is 1.11 bits per heavy atom. The standard InChI is InChI=1S/C16H32N2/c1-5-17-15-9-8-12(2)11-16(15)18-10-6-7-13(3)14(18)4/h12-17H,5-11H2,1-4H3. The number of nitrogens with zero attached hydrogens (tertiary/aromatic N) is 1. The van der Waals surface area contributed by atoms with Crippen LogP contribution in [0.2, 0.25) is 0 Å². The summed E-state index contributed by atoms with van der Waals surface area (Å²) in [6, 6.07) is 2.29. The summed E-state index contributed by atoms with van der Waals surface area (Å²) < 4.78 is 0. The van der Waals surface area contributed by atoms with Gasteiger partial charge < -0.3 is 5.32 Å². The van der Waals surface area contributed by atoms with E-state index in [1.165, 1.54) is 38.6 Å². The lowest BCUT2D eigenvalue weighted by Crippen LogP contribution is -2.58. The summed E-state index contributed by atoms with van der Waals surface area (Å²) in [4.78, 5) is 2.83. The van der Waals surface area contributed by atoms with E-state index in [4.69, 9.17) is 0 Å². The molecule has 2 nitrogen and oxygen atoms in total. The Kier molecular flexibility index (Phi) is 5.08. The van der Waals surface area contributed by atoms with Gasteiger partial charge in [-0.2, -0.15) is 0 Å². The number of hydrogen-bond donors (Lipinski definition) is 1. The van der Waals surface area contributed by atoms with Gasteiger partial charge in [0.15, 0.2) is 0 Å². The fourth-order valence-corrected chi connectivity index (χ4v) is 4.05. The Morgan fingerprint density at radius 2 is 1.89 bits per heavy atom. The first-order valence-corrected chi connectivity index (χ1v) is 8.12.